The fourth-order valence-electron chi connectivity index (χ4n) is 6.57. The summed E-state index contributed by atoms with van der Waals surface area (Å²) in [4.78, 5) is 45.3. The molecule has 45 heavy (non-hydrogen) atoms. The molecule has 1 spiro atoms. The minimum absolute atomic E-state index is 0.0851. The topological polar surface area (TPSA) is 142 Å². The first kappa shape index (κ1) is 30.7. The molecular weight excluding hydrogens is 598 g/mol. The number of benzene rings is 2. The maximum absolute atomic E-state index is 14.4. The van der Waals surface area contributed by atoms with Crippen molar-refractivity contribution >= 4 is 46.8 Å². The molecule has 1 aromatic heterocycles. The first-order valence-electron chi connectivity index (χ1n) is 15.1. The Balaban J connectivity index is 1.35. The lowest BCUT2D eigenvalue weighted by atomic mass is 9.82. The van der Waals surface area contributed by atoms with Gasteiger partial charge in [-0.25, -0.2) is 9.59 Å². The summed E-state index contributed by atoms with van der Waals surface area (Å²) in [5.41, 5.74) is 3.73. The van der Waals surface area contributed by atoms with Crippen molar-refractivity contribution < 1.29 is 29.0 Å². The standard InChI is InChI=1S/C33H36ClN5O6/c1-19-5-3-6-24(30(41)39-14-4-12-33(18-39)25-16-21(34)7-10-26(25)38-32(43)45-33)27-15-20(11-13-35-27)23-9-8-22(36-31(42)44-2)17-28(23)37-29(19)40/h7-11,13,15-17,19,24,29,37,40H,3-6,12,14,18H2,1-2H3,(H,36,42)(H,38,43)/t19?,24?,29?,33-/m0/s1. The predicted octanol–water partition coefficient (Wildman–Crippen LogP) is 6.29. The third-order valence-electron chi connectivity index (χ3n) is 8.96. The number of likely N-dealkylation sites (tertiary alicyclic amines) is 1. The second-order valence-electron chi connectivity index (χ2n) is 12.0. The zero-order valence-electron chi connectivity index (χ0n) is 25.1. The number of nitrogens with zero attached hydrogens (tertiary/aromatic N) is 2. The van der Waals surface area contributed by atoms with Gasteiger partial charge in [0.2, 0.25) is 5.91 Å². The number of fused-ring (bicyclic) bond motifs is 6. The molecule has 3 amide bonds. The van der Waals surface area contributed by atoms with Crippen LogP contribution in [0.25, 0.3) is 11.1 Å². The number of aliphatic hydroxyl groups is 1. The predicted molar refractivity (Wildman–Crippen MR) is 170 cm³/mol. The van der Waals surface area contributed by atoms with Gasteiger partial charge in [0.25, 0.3) is 0 Å². The Kier molecular flexibility index (Phi) is 8.56. The average Bonchev–Trinajstić information content (AvgIpc) is 3.03. The van der Waals surface area contributed by atoms with Gasteiger partial charge in [-0.3, -0.25) is 20.4 Å². The van der Waals surface area contributed by atoms with Crippen molar-refractivity contribution in [1.82, 2.24) is 9.88 Å². The van der Waals surface area contributed by atoms with Crippen LogP contribution in [0.15, 0.2) is 54.7 Å². The van der Waals surface area contributed by atoms with Crippen LogP contribution in [0.4, 0.5) is 26.7 Å². The van der Waals surface area contributed by atoms with Crippen LogP contribution >= 0.6 is 11.6 Å². The number of ether oxygens (including phenoxy) is 2. The molecule has 1 fully saturated rings. The molecule has 3 unspecified atom stereocenters. The van der Waals surface area contributed by atoms with Crippen molar-refractivity contribution in [3.8, 4) is 11.1 Å². The van der Waals surface area contributed by atoms with E-state index < -0.39 is 29.9 Å². The second kappa shape index (κ2) is 12.6. The maximum Gasteiger partial charge on any atom is 0.412 e. The van der Waals surface area contributed by atoms with E-state index in [9.17, 15) is 19.5 Å². The minimum Gasteiger partial charge on any atom is -0.453 e. The first-order valence-corrected chi connectivity index (χ1v) is 15.5. The van der Waals surface area contributed by atoms with Crippen LogP contribution in [0.3, 0.4) is 0 Å². The monoisotopic (exact) mass is 633 g/mol. The fourth-order valence-corrected chi connectivity index (χ4v) is 6.75. The van der Waals surface area contributed by atoms with E-state index in [0.717, 1.165) is 16.7 Å². The summed E-state index contributed by atoms with van der Waals surface area (Å²) in [6.45, 7) is 2.69. The summed E-state index contributed by atoms with van der Waals surface area (Å²) in [6, 6.07) is 14.4. The van der Waals surface area contributed by atoms with Crippen molar-refractivity contribution in [2.45, 2.75) is 56.8 Å². The van der Waals surface area contributed by atoms with Crippen molar-refractivity contribution in [3.05, 3.63) is 71.0 Å². The van der Waals surface area contributed by atoms with Gasteiger partial charge in [0.05, 0.1) is 31.0 Å². The first-order chi connectivity index (χ1) is 21.7. The quantitative estimate of drug-likeness (QED) is 0.258. The van der Waals surface area contributed by atoms with Crippen molar-refractivity contribution in [3.63, 3.8) is 0 Å². The molecule has 236 valence electrons. The Morgan fingerprint density at radius 3 is 2.80 bits per heavy atom. The SMILES string of the molecule is COC(=O)Nc1ccc2c(c1)NC(O)C(C)CCCC(C(=O)N1CCC[C@@]3(C1)OC(=O)Nc1ccc(Cl)cc13)c1cc-2ccn1. The number of methoxy groups -OCH3 is 1. The number of aliphatic hydroxyl groups excluding tert-OH is 1. The lowest BCUT2D eigenvalue weighted by Gasteiger charge is -2.45. The molecule has 4 N–H and O–H groups in total. The normalized spacial score (nSPS) is 24.4. The molecule has 3 aliphatic rings. The highest BCUT2D eigenvalue weighted by molar-refractivity contribution is 6.30. The number of pyridine rings is 1. The Morgan fingerprint density at radius 1 is 1.13 bits per heavy atom. The van der Waals surface area contributed by atoms with E-state index in [0.29, 0.717) is 66.4 Å². The number of aromatic nitrogens is 1. The number of amides is 3. The molecule has 3 aliphatic heterocycles. The zero-order valence-corrected chi connectivity index (χ0v) is 25.9. The molecule has 4 atom stereocenters. The van der Waals surface area contributed by atoms with Gasteiger partial charge in [-0.05, 0) is 73.7 Å². The van der Waals surface area contributed by atoms with Crippen LogP contribution in [-0.2, 0) is 19.9 Å². The summed E-state index contributed by atoms with van der Waals surface area (Å²) in [7, 11) is 1.29. The zero-order chi connectivity index (χ0) is 31.7. The minimum atomic E-state index is -1.00. The number of hydrogen-bond donors (Lipinski definition) is 4. The van der Waals surface area contributed by atoms with Gasteiger partial charge in [0.15, 0.2) is 5.60 Å². The summed E-state index contributed by atoms with van der Waals surface area (Å²) >= 11 is 6.35. The summed E-state index contributed by atoms with van der Waals surface area (Å²) < 4.78 is 10.7. The third-order valence-corrected chi connectivity index (χ3v) is 9.19. The van der Waals surface area contributed by atoms with Gasteiger partial charge in [0.1, 0.15) is 6.23 Å². The lowest BCUT2D eigenvalue weighted by Crippen LogP contribution is -2.54. The Bertz CT molecular complexity index is 1630. The summed E-state index contributed by atoms with van der Waals surface area (Å²) in [5, 5.41) is 20.2. The molecule has 0 aliphatic carbocycles. The molecule has 0 radical (unpaired) electrons. The van der Waals surface area contributed by atoms with Crippen molar-refractivity contribution in [2.75, 3.05) is 36.1 Å². The van der Waals surface area contributed by atoms with Crippen LogP contribution in [0, 0.1) is 5.92 Å². The largest absolute Gasteiger partial charge is 0.453 e. The van der Waals surface area contributed by atoms with E-state index >= 15 is 0 Å². The smallest absolute Gasteiger partial charge is 0.412 e. The molecule has 2 aromatic carbocycles. The Morgan fingerprint density at radius 2 is 1.98 bits per heavy atom. The number of halogens is 1. The Labute approximate surface area is 266 Å². The third kappa shape index (κ3) is 6.27. The highest BCUT2D eigenvalue weighted by atomic mass is 35.5. The molecule has 2 bridgehead atoms. The number of nitrogens with one attached hydrogen (secondary N) is 3. The van der Waals surface area contributed by atoms with Gasteiger partial charge in [-0.2, -0.15) is 0 Å². The van der Waals surface area contributed by atoms with Gasteiger partial charge in [-0.15, -0.1) is 0 Å². The van der Waals surface area contributed by atoms with Crippen molar-refractivity contribution in [2.24, 2.45) is 5.92 Å². The van der Waals surface area contributed by atoms with Gasteiger partial charge in [0, 0.05) is 46.2 Å². The number of anilines is 3. The van der Waals surface area contributed by atoms with E-state index in [1.165, 1.54) is 7.11 Å². The van der Waals surface area contributed by atoms with Crippen LogP contribution in [0.2, 0.25) is 5.02 Å². The van der Waals surface area contributed by atoms with E-state index in [1.54, 1.807) is 41.4 Å². The van der Waals surface area contributed by atoms with E-state index in [1.807, 2.05) is 25.1 Å². The highest BCUT2D eigenvalue weighted by Gasteiger charge is 2.47. The number of hydrogen-bond acceptors (Lipinski definition) is 8. The van der Waals surface area contributed by atoms with E-state index in [4.69, 9.17) is 21.1 Å². The Hall–Kier alpha value is -4.35. The van der Waals surface area contributed by atoms with Gasteiger partial charge in [-0.1, -0.05) is 31.0 Å². The van der Waals surface area contributed by atoms with E-state index in [2.05, 4.69) is 20.9 Å². The fraction of sp³-hybridized carbons (Fsp3) is 0.394. The van der Waals surface area contributed by atoms with Crippen LogP contribution in [0.5, 0.6) is 0 Å². The van der Waals surface area contributed by atoms with Crippen LogP contribution < -0.4 is 16.0 Å². The molecule has 12 heteroatoms. The summed E-state index contributed by atoms with van der Waals surface area (Å²) in [5.74, 6) is -0.764. The maximum atomic E-state index is 14.4. The molecule has 11 nitrogen and oxygen atoms in total. The molecular formula is C33H36ClN5O6. The van der Waals surface area contributed by atoms with Gasteiger partial charge >= 0.3 is 12.2 Å². The molecule has 4 heterocycles. The number of carbonyl (C=O) groups is 3. The van der Waals surface area contributed by atoms with Crippen LogP contribution in [-0.4, -0.2) is 59.5 Å². The molecule has 3 aromatic rings. The molecule has 6 rings (SSSR count). The second-order valence-corrected chi connectivity index (χ2v) is 12.4. The lowest BCUT2D eigenvalue weighted by molar-refractivity contribution is -0.141. The average molecular weight is 634 g/mol. The molecule has 0 saturated carbocycles. The van der Waals surface area contributed by atoms with Crippen molar-refractivity contribution in [1.29, 1.82) is 0 Å². The van der Waals surface area contributed by atoms with Crippen LogP contribution in [0.1, 0.15) is 56.2 Å². The number of carbonyl (C=O) groups excluding carboxylic acids is 3. The number of rotatable bonds is 2. The molecule has 1 saturated heterocycles. The summed E-state index contributed by atoms with van der Waals surface area (Å²) in [6.07, 6.45) is 2.76. The highest BCUT2D eigenvalue weighted by Crippen LogP contribution is 2.44. The number of piperidine rings is 1. The van der Waals surface area contributed by atoms with Gasteiger partial charge < -0.3 is 24.8 Å². The van der Waals surface area contributed by atoms with E-state index in [-0.39, 0.29) is 18.4 Å².